The van der Waals surface area contributed by atoms with E-state index in [1.54, 1.807) is 109 Å². The number of ketones is 2. The summed E-state index contributed by atoms with van der Waals surface area (Å²) in [5.41, 5.74) is 2.73. The SMILES string of the molecule is C.C.C.C.C.C1COCCN1.C=CO.CC1(C)CC(=O)CC(=O)C1.CCCCC(CC)C(=O)[O-].CCNCC.CN1C(=O)CC(=O)N(C)C1=O.Cc1ccc(S(=O)O)cc1.Cc1ccc(S(=O)[O-])cc1.Cc1ccc(S(=O)[O-])cc1.O=S(O)c1ccccc1.O=S([O-])CO.O=S([O-])c1cccs1.O=[N+]([O-])c1cc(S(=O)[O-])ccc1Cl. The zero-order valence-corrected chi connectivity index (χ0v) is 69.8. The highest BCUT2D eigenvalue weighted by Crippen LogP contribution is 2.31. The van der Waals surface area contributed by atoms with Crippen molar-refractivity contribution in [3.8, 4) is 0 Å². The molecule has 0 spiro atoms. The zero-order chi connectivity index (χ0) is 85.1. The molecule has 2 aliphatic heterocycles. The number of aliphatic hydroxyl groups is 2. The number of carboxylic acid groups (broad SMARTS) is 1. The van der Waals surface area contributed by atoms with Gasteiger partial charge in [-0.2, -0.15) is 0 Å². The second-order valence-electron chi connectivity index (χ2n) is 22.6. The van der Waals surface area contributed by atoms with E-state index < -0.39 is 118 Å². The van der Waals surface area contributed by atoms with Gasteiger partial charge in [-0.05, 0) is 186 Å². The summed E-state index contributed by atoms with van der Waals surface area (Å²) >= 11 is -7.94. The summed E-state index contributed by atoms with van der Waals surface area (Å²) in [5.74, 6) is -2.59. The van der Waals surface area contributed by atoms with Crippen molar-refractivity contribution in [3.05, 3.63) is 184 Å². The third-order valence-electron chi connectivity index (χ3n) is 13.1. The fourth-order valence-corrected chi connectivity index (χ4v) is 10.7. The van der Waals surface area contributed by atoms with Crippen molar-refractivity contribution >= 4 is 142 Å². The molecule has 3 aliphatic rings. The Morgan fingerprint density at radius 3 is 1.25 bits per heavy atom. The Bertz CT molecular complexity index is 3630. The van der Waals surface area contributed by atoms with E-state index in [1.807, 2.05) is 53.7 Å². The van der Waals surface area contributed by atoms with E-state index in [0.717, 1.165) is 97.5 Å². The molecule has 658 valence electrons. The van der Waals surface area contributed by atoms with E-state index in [2.05, 4.69) is 38.0 Å². The predicted octanol–water partition coefficient (Wildman–Crippen LogP) is 12.4. The lowest BCUT2D eigenvalue weighted by molar-refractivity contribution is -0.384. The lowest BCUT2D eigenvalue weighted by Gasteiger charge is -2.26. The van der Waals surface area contributed by atoms with Crippen LogP contribution in [-0.4, -0.2) is 181 Å². The molecule has 4 amide bonds. The average Bonchev–Trinajstić information content (AvgIpc) is 1.65. The number of unbranched alkanes of at least 4 members (excludes halogenated alkanes) is 1. The molecular formula is C75H116ClN5O26S8-6. The molecule has 0 bridgehead atoms. The molecule has 2 saturated heterocycles. The molecule has 3 heterocycles. The number of benzene rings is 5. The topological polar surface area (TPSA) is 524 Å². The van der Waals surface area contributed by atoms with Gasteiger partial charge in [-0.25, -0.2) is 13.2 Å². The van der Waals surface area contributed by atoms with Crippen LogP contribution in [0.1, 0.15) is 147 Å². The molecule has 1 saturated carbocycles. The highest BCUT2D eigenvalue weighted by atomic mass is 35.5. The van der Waals surface area contributed by atoms with E-state index in [4.69, 9.17) is 44.4 Å². The monoisotopic (exact) mass is 1790 g/mol. The fraction of sp³-hybridized carbons (Fsp3) is 0.440. The number of rotatable bonds is 15. The van der Waals surface area contributed by atoms with Gasteiger partial charge >= 0.3 is 6.03 Å². The number of aryl methyl sites for hydroxylation is 3. The van der Waals surface area contributed by atoms with Gasteiger partial charge in [-0.1, -0.05) is 187 Å². The molecule has 40 heteroatoms. The highest BCUT2D eigenvalue weighted by molar-refractivity contribution is 7.82. The molecule has 3 fully saturated rings. The van der Waals surface area contributed by atoms with Crippen molar-refractivity contribution in [2.75, 3.05) is 59.4 Å². The van der Waals surface area contributed by atoms with E-state index in [1.165, 1.54) is 37.6 Å². The van der Waals surface area contributed by atoms with Gasteiger partial charge in [0.15, 0.2) is 22.2 Å². The van der Waals surface area contributed by atoms with E-state index in [9.17, 15) is 87.5 Å². The van der Waals surface area contributed by atoms with Crippen LogP contribution in [0.3, 0.4) is 0 Å². The summed E-state index contributed by atoms with van der Waals surface area (Å²) in [6, 6.07) is 34.8. The number of nitrogens with one attached hydrogen (secondary N) is 2. The largest absolute Gasteiger partial charge is 0.771 e. The van der Waals surface area contributed by atoms with Crippen LogP contribution < -0.4 is 15.7 Å². The smallest absolute Gasteiger partial charge is 0.332 e. The molecule has 6 N–H and O–H groups in total. The molecule has 115 heavy (non-hydrogen) atoms. The summed E-state index contributed by atoms with van der Waals surface area (Å²) < 4.78 is 144. The van der Waals surface area contributed by atoms with Gasteiger partial charge in [-0.15, -0.1) is 11.3 Å². The van der Waals surface area contributed by atoms with Crippen LogP contribution in [0.25, 0.3) is 0 Å². The number of hydrogen-bond donors (Lipinski definition) is 6. The van der Waals surface area contributed by atoms with Crippen molar-refractivity contribution in [2.45, 2.75) is 180 Å². The number of barbiturate groups is 1. The standard InChI is InChI=1S/C8H12O2.C8H16O2.3C7H8O2S.C6H4ClNO4S.C6H8N2O3.C6H6O2S.C4H9NO.C4H11N.C4H4O2S2.C2H4O.CH4O3S.5CH4/c1-8(2)4-6(9)3-7(10)5-8;1-3-5-6-7(4-2)8(9)10;3*1-6-2-4-7(5-3-6)10(8)9;7-5-2-1-4(13(11)12)3-6(5)8(9)10;1-7-4(9)3-5(10)8(2)6(7)11;7-9(8)6-4-2-1-3-5-6;1-3-6-4-2-5-1;1-3-5-4-2;5-8(6)4-2-1-3-7-4;1-2-3;2-1-5(3)4;;;;;/h3-5H2,1-2H3;7H,3-6H2,1-2H3,(H,9,10);3*2-5H,1H3,(H,8,9);1-3H,(H,11,12);3H2,1-2H3;1-5H,(H,7,8);5H,1-4H2;5H,3-4H2,1-2H3;1-3H,(H,5,6);2-3H,1H2;2H,1H2,(H,3,4);5*1H4/p-6. The lowest BCUT2D eigenvalue weighted by Crippen LogP contribution is -2.51. The van der Waals surface area contributed by atoms with Crippen molar-refractivity contribution in [2.24, 2.45) is 11.3 Å². The summed E-state index contributed by atoms with van der Waals surface area (Å²) in [4.78, 5) is 77.5. The predicted molar refractivity (Wildman–Crippen MR) is 451 cm³/mol. The minimum absolute atomic E-state index is 0. The van der Waals surface area contributed by atoms with E-state index in [-0.39, 0.29) is 82.8 Å². The number of urea groups is 1. The first-order valence-corrected chi connectivity index (χ1v) is 41.6. The molecule has 9 rings (SSSR count). The number of amides is 4. The molecule has 8 unspecified atom stereocenters. The number of ether oxygens (including phenoxy) is 1. The third kappa shape index (κ3) is 66.7. The van der Waals surface area contributed by atoms with Crippen molar-refractivity contribution in [1.82, 2.24) is 20.4 Å². The van der Waals surface area contributed by atoms with E-state index >= 15 is 0 Å². The molecule has 1 aliphatic carbocycles. The number of thiophene rings is 1. The molecule has 31 nitrogen and oxygen atoms in total. The van der Waals surface area contributed by atoms with Gasteiger partial charge in [0.05, 0.1) is 44.8 Å². The first-order valence-electron chi connectivity index (χ1n) is 32.6. The van der Waals surface area contributed by atoms with Gasteiger partial charge in [0.2, 0.25) is 11.8 Å². The number of nitrogens with zero attached hydrogens (tertiary/aromatic N) is 3. The number of nitro benzene ring substituents is 1. The Labute approximate surface area is 705 Å². The Hall–Kier alpha value is -6.94. The number of aliphatic carboxylic acids is 1. The fourth-order valence-electron chi connectivity index (χ4n) is 7.57. The quantitative estimate of drug-likeness (QED) is 0.0183. The Balaban J connectivity index is -0.000000152. The number of carboxylic acids is 1. The van der Waals surface area contributed by atoms with Crippen LogP contribution >= 0.6 is 22.9 Å². The summed E-state index contributed by atoms with van der Waals surface area (Å²) in [5, 5.41) is 43.4. The first kappa shape index (κ1) is 126. The number of carbonyl (C=O) groups is 6. The Morgan fingerprint density at radius 2 is 1.01 bits per heavy atom. The normalized spacial score (nSPS) is 14.3. The maximum atomic E-state index is 11.0. The summed E-state index contributed by atoms with van der Waals surface area (Å²) in [6.07, 6.45) is 5.37. The number of aliphatic hydroxyl groups excluding tert-OH is 2. The van der Waals surface area contributed by atoms with Gasteiger partial charge in [0, 0.05) is 66.7 Å². The maximum absolute atomic E-state index is 11.0. The minimum atomic E-state index is -2.48. The molecule has 8 atom stereocenters. The van der Waals surface area contributed by atoms with Crippen molar-refractivity contribution < 1.29 is 115 Å². The zero-order valence-electron chi connectivity index (χ0n) is 62.5. The van der Waals surface area contributed by atoms with Crippen molar-refractivity contribution in [1.29, 1.82) is 0 Å². The van der Waals surface area contributed by atoms with Crippen LogP contribution in [0, 0.1) is 42.2 Å². The van der Waals surface area contributed by atoms with Crippen LogP contribution in [0.5, 0.6) is 0 Å². The summed E-state index contributed by atoms with van der Waals surface area (Å²) in [6.45, 7) is 26.8. The average molecular weight is 1800 g/mol. The highest BCUT2D eigenvalue weighted by Gasteiger charge is 2.33. The first-order chi connectivity index (χ1) is 51.6. The van der Waals surface area contributed by atoms with Crippen LogP contribution in [-0.2, 0) is 106 Å². The number of carbonyl (C=O) groups excluding carboxylic acids is 6. The van der Waals surface area contributed by atoms with Crippen LogP contribution in [0.15, 0.2) is 180 Å². The molecule has 1 aromatic heterocycles. The maximum Gasteiger partial charge on any atom is 0.332 e. The van der Waals surface area contributed by atoms with Gasteiger partial charge in [0.1, 0.15) is 28.9 Å². The van der Waals surface area contributed by atoms with Gasteiger partial charge < -0.3 is 67.4 Å². The molecule has 0 radical (unpaired) electrons. The third-order valence-corrected chi connectivity index (χ3v) is 18.8. The number of imide groups is 2. The van der Waals surface area contributed by atoms with Crippen molar-refractivity contribution in [3.63, 3.8) is 0 Å². The molecule has 5 aromatic carbocycles. The lowest BCUT2D eigenvalue weighted by atomic mass is 9.76. The van der Waals surface area contributed by atoms with Gasteiger partial charge in [0.25, 0.3) is 5.69 Å². The van der Waals surface area contributed by atoms with E-state index in [0.29, 0.717) is 43.1 Å². The van der Waals surface area contributed by atoms with Crippen LogP contribution in [0.4, 0.5) is 10.5 Å². The van der Waals surface area contributed by atoms with Crippen LogP contribution in [0.2, 0.25) is 5.02 Å². The second kappa shape index (κ2) is 75.8. The van der Waals surface area contributed by atoms with Gasteiger partial charge in [-0.3, -0.25) is 60.1 Å². The number of hydrogen-bond acceptors (Lipinski definition) is 27. The Morgan fingerprint density at radius 1 is 0.635 bits per heavy atom. The second-order valence-corrected chi connectivity index (χ2v) is 30.8. The molecule has 6 aromatic rings. The molecular weight excluding hydrogens is 1680 g/mol. The minimum Gasteiger partial charge on any atom is -0.771 e. The Kier molecular flexibility index (Phi) is 83.2. The summed E-state index contributed by atoms with van der Waals surface area (Å²) in [7, 11) is 2.71. The number of halogens is 1. The number of morpholine rings is 1. The number of nitro groups is 1. The number of Topliss-reactive ketones (excluding diaryl/α,β-unsaturated/α-hetero) is 2.